The number of nitrogens with one attached hydrogen (secondary N) is 1. The minimum absolute atomic E-state index is 0.227. The number of hydrazine groups is 1. The number of piperazine rings is 1. The van der Waals surface area contributed by atoms with E-state index in [9.17, 15) is 0 Å². The molecule has 1 aliphatic heterocycles. The van der Waals surface area contributed by atoms with Crippen molar-refractivity contribution in [1.29, 1.82) is 0 Å². The van der Waals surface area contributed by atoms with Crippen LogP contribution >= 0.6 is 0 Å². The summed E-state index contributed by atoms with van der Waals surface area (Å²) in [6.45, 7) is 15.0. The topological polar surface area (TPSA) is 70.3 Å². The van der Waals surface area contributed by atoms with Gasteiger partial charge >= 0.3 is 0 Å². The molecule has 0 spiro atoms. The van der Waals surface area contributed by atoms with Crippen molar-refractivity contribution in [1.82, 2.24) is 14.9 Å². The second kappa shape index (κ2) is 6.15. The van der Waals surface area contributed by atoms with Crippen LogP contribution in [0.3, 0.4) is 0 Å². The van der Waals surface area contributed by atoms with Gasteiger partial charge in [0.2, 0.25) is 0 Å². The Balaban J connectivity index is 2.14. The molecule has 1 saturated heterocycles. The van der Waals surface area contributed by atoms with E-state index in [1.807, 2.05) is 6.07 Å². The summed E-state index contributed by atoms with van der Waals surface area (Å²) in [4.78, 5) is 13.9. The Kier molecular flexibility index (Phi) is 4.68. The molecular formula is C15H28N6. The first-order chi connectivity index (χ1) is 9.81. The molecule has 0 atom stereocenters. The van der Waals surface area contributed by atoms with Gasteiger partial charge < -0.3 is 10.3 Å². The number of nitrogen functional groups attached to an aromatic ring is 1. The van der Waals surface area contributed by atoms with Crippen LogP contribution < -0.4 is 16.2 Å². The Morgan fingerprint density at radius 2 is 1.76 bits per heavy atom. The van der Waals surface area contributed by atoms with E-state index in [0.717, 1.165) is 37.8 Å². The zero-order chi connectivity index (χ0) is 15.6. The van der Waals surface area contributed by atoms with E-state index in [1.165, 1.54) is 0 Å². The molecule has 21 heavy (non-hydrogen) atoms. The quantitative estimate of drug-likeness (QED) is 0.654. The molecule has 1 aromatic heterocycles. The van der Waals surface area contributed by atoms with Crippen LogP contribution in [0.1, 0.15) is 46.4 Å². The Hall–Kier alpha value is -1.40. The van der Waals surface area contributed by atoms with Crippen LogP contribution in [-0.4, -0.2) is 46.6 Å². The Labute approximate surface area is 127 Å². The molecule has 118 valence electrons. The molecule has 6 heteroatoms. The predicted octanol–water partition coefficient (Wildman–Crippen LogP) is 1.81. The van der Waals surface area contributed by atoms with Crippen LogP contribution in [0.4, 0.5) is 11.6 Å². The van der Waals surface area contributed by atoms with Gasteiger partial charge in [-0.05, 0) is 20.8 Å². The summed E-state index contributed by atoms with van der Waals surface area (Å²) >= 11 is 0. The van der Waals surface area contributed by atoms with E-state index < -0.39 is 0 Å². The number of hydrogen-bond donors (Lipinski definition) is 2. The molecule has 0 amide bonds. The van der Waals surface area contributed by atoms with Crippen LogP contribution in [0.25, 0.3) is 0 Å². The fraction of sp³-hybridized carbons (Fsp3) is 0.733. The van der Waals surface area contributed by atoms with E-state index >= 15 is 0 Å². The second-order valence-corrected chi connectivity index (χ2v) is 6.91. The van der Waals surface area contributed by atoms with Gasteiger partial charge in [0.05, 0.1) is 0 Å². The van der Waals surface area contributed by atoms with Gasteiger partial charge in [0.15, 0.2) is 0 Å². The van der Waals surface area contributed by atoms with Gasteiger partial charge in [-0.1, -0.05) is 13.8 Å². The highest BCUT2D eigenvalue weighted by Crippen LogP contribution is 2.22. The zero-order valence-electron chi connectivity index (χ0n) is 13.8. The summed E-state index contributed by atoms with van der Waals surface area (Å²) in [5.74, 6) is 8.30. The van der Waals surface area contributed by atoms with E-state index in [1.54, 1.807) is 0 Å². The van der Waals surface area contributed by atoms with Gasteiger partial charge in [-0.15, -0.1) is 0 Å². The summed E-state index contributed by atoms with van der Waals surface area (Å²) in [6.07, 6.45) is 0. The minimum atomic E-state index is 0.227. The monoisotopic (exact) mass is 292 g/mol. The van der Waals surface area contributed by atoms with E-state index in [-0.39, 0.29) is 11.5 Å². The number of aromatic nitrogens is 2. The summed E-state index contributed by atoms with van der Waals surface area (Å²) in [7, 11) is 0. The molecule has 2 heterocycles. The number of hydrogen-bond acceptors (Lipinski definition) is 6. The lowest BCUT2D eigenvalue weighted by Gasteiger charge is -2.42. The van der Waals surface area contributed by atoms with Crippen molar-refractivity contribution in [2.75, 3.05) is 36.5 Å². The number of anilines is 2. The van der Waals surface area contributed by atoms with Crippen LogP contribution in [0.5, 0.6) is 0 Å². The number of nitrogens with zero attached hydrogens (tertiary/aromatic N) is 4. The molecule has 1 aliphatic rings. The maximum absolute atomic E-state index is 5.53. The Morgan fingerprint density at radius 3 is 2.24 bits per heavy atom. The third kappa shape index (κ3) is 3.83. The minimum Gasteiger partial charge on any atom is -0.354 e. The first-order valence-electron chi connectivity index (χ1n) is 7.67. The normalized spacial score (nSPS) is 17.4. The average molecular weight is 292 g/mol. The first-order valence-corrected chi connectivity index (χ1v) is 7.67. The second-order valence-electron chi connectivity index (χ2n) is 6.91. The average Bonchev–Trinajstić information content (AvgIpc) is 2.46. The first kappa shape index (κ1) is 16.0. The predicted molar refractivity (Wildman–Crippen MR) is 87.5 cm³/mol. The van der Waals surface area contributed by atoms with Crippen molar-refractivity contribution in [3.63, 3.8) is 0 Å². The highest BCUT2D eigenvalue weighted by atomic mass is 15.3. The van der Waals surface area contributed by atoms with Crippen LogP contribution in [0, 0.1) is 0 Å². The van der Waals surface area contributed by atoms with Gasteiger partial charge in [-0.25, -0.2) is 15.8 Å². The molecule has 0 aliphatic carbocycles. The molecule has 0 unspecified atom stereocenters. The SMILES string of the molecule is CC(C)c1nc(NN)cc(N2CCN(C(C)(C)C)CC2)n1. The summed E-state index contributed by atoms with van der Waals surface area (Å²) in [5.41, 5.74) is 2.87. The van der Waals surface area contributed by atoms with Crippen LogP contribution in [0.15, 0.2) is 6.07 Å². The third-order valence-corrected chi connectivity index (χ3v) is 3.95. The number of nitrogens with two attached hydrogens (primary N) is 1. The lowest BCUT2D eigenvalue weighted by molar-refractivity contribution is 0.128. The molecule has 2 rings (SSSR count). The lowest BCUT2D eigenvalue weighted by Crippen LogP contribution is -2.53. The van der Waals surface area contributed by atoms with Gasteiger partial charge in [0.1, 0.15) is 17.5 Å². The molecule has 1 fully saturated rings. The third-order valence-electron chi connectivity index (χ3n) is 3.95. The molecular weight excluding hydrogens is 264 g/mol. The standard InChI is InChI=1S/C15H28N6/c1-11(2)14-17-12(19-16)10-13(18-14)20-6-8-21(9-7-20)15(3,4)5/h10-11H,6-9,16H2,1-5H3,(H,17,18,19). The van der Waals surface area contributed by atoms with E-state index in [2.05, 4.69) is 54.8 Å². The largest absolute Gasteiger partial charge is 0.354 e. The van der Waals surface area contributed by atoms with Crippen molar-refractivity contribution >= 4 is 11.6 Å². The molecule has 1 aromatic rings. The summed E-state index contributed by atoms with van der Waals surface area (Å²) in [5, 5.41) is 0. The highest BCUT2D eigenvalue weighted by Gasteiger charge is 2.26. The fourth-order valence-corrected chi connectivity index (χ4v) is 2.55. The summed E-state index contributed by atoms with van der Waals surface area (Å²) < 4.78 is 0. The Bertz CT molecular complexity index is 472. The van der Waals surface area contributed by atoms with E-state index in [0.29, 0.717) is 5.82 Å². The van der Waals surface area contributed by atoms with Crippen LogP contribution in [-0.2, 0) is 0 Å². The van der Waals surface area contributed by atoms with Gasteiger partial charge in [0.25, 0.3) is 0 Å². The lowest BCUT2D eigenvalue weighted by atomic mass is 10.1. The van der Waals surface area contributed by atoms with Gasteiger partial charge in [-0.3, -0.25) is 4.90 Å². The molecule has 0 bridgehead atoms. The maximum atomic E-state index is 5.53. The molecule has 0 aromatic carbocycles. The van der Waals surface area contributed by atoms with Gasteiger partial charge in [0, 0.05) is 43.7 Å². The number of rotatable bonds is 3. The smallest absolute Gasteiger partial charge is 0.145 e. The maximum Gasteiger partial charge on any atom is 0.145 e. The molecule has 0 saturated carbocycles. The van der Waals surface area contributed by atoms with Gasteiger partial charge in [-0.2, -0.15) is 0 Å². The van der Waals surface area contributed by atoms with Crippen molar-refractivity contribution in [3.05, 3.63) is 11.9 Å². The fourth-order valence-electron chi connectivity index (χ4n) is 2.55. The molecule has 0 radical (unpaired) electrons. The van der Waals surface area contributed by atoms with Crippen molar-refractivity contribution in [2.45, 2.75) is 46.1 Å². The van der Waals surface area contributed by atoms with E-state index in [4.69, 9.17) is 10.8 Å². The van der Waals surface area contributed by atoms with Crippen LogP contribution in [0.2, 0.25) is 0 Å². The van der Waals surface area contributed by atoms with Crippen molar-refractivity contribution in [3.8, 4) is 0 Å². The zero-order valence-corrected chi connectivity index (χ0v) is 13.8. The molecule has 3 N–H and O–H groups in total. The Morgan fingerprint density at radius 1 is 1.14 bits per heavy atom. The van der Waals surface area contributed by atoms with Crippen molar-refractivity contribution < 1.29 is 0 Å². The highest BCUT2D eigenvalue weighted by molar-refractivity contribution is 5.49. The molecule has 6 nitrogen and oxygen atoms in total. The van der Waals surface area contributed by atoms with Crippen molar-refractivity contribution in [2.24, 2.45) is 5.84 Å². The summed E-state index contributed by atoms with van der Waals surface area (Å²) in [6, 6.07) is 1.93.